The van der Waals surface area contributed by atoms with E-state index in [-0.39, 0.29) is 0 Å². The maximum Gasteiger partial charge on any atom is 0.186 e. The number of fused-ring (bicyclic) bond motifs is 2. The van der Waals surface area contributed by atoms with Crippen LogP contribution in [0.2, 0.25) is 5.02 Å². The summed E-state index contributed by atoms with van der Waals surface area (Å²) in [5, 5.41) is 32.0. The summed E-state index contributed by atoms with van der Waals surface area (Å²) in [7, 11) is 1.40. The highest BCUT2D eigenvalue weighted by Gasteiger charge is 2.45. The van der Waals surface area contributed by atoms with E-state index in [0.717, 1.165) is 63.6 Å². The zero-order chi connectivity index (χ0) is 22.4. The summed E-state index contributed by atoms with van der Waals surface area (Å²) in [5.41, 5.74) is 4.82. The Morgan fingerprint density at radius 1 is 0.969 bits per heavy atom. The van der Waals surface area contributed by atoms with Gasteiger partial charge in [0.15, 0.2) is 17.8 Å². The van der Waals surface area contributed by atoms with Gasteiger partial charge in [0.25, 0.3) is 0 Å². The van der Waals surface area contributed by atoms with Crippen LogP contribution in [-0.2, 0) is 28.7 Å². The molecule has 0 radical (unpaired) electrons. The molecular weight excluding hydrogens is 436 g/mol. The summed E-state index contributed by atoms with van der Waals surface area (Å²) in [4.78, 5) is 0. The van der Waals surface area contributed by atoms with Crippen LogP contribution in [-0.4, -0.2) is 60.2 Å². The van der Waals surface area contributed by atoms with Gasteiger partial charge in [-0.15, -0.1) is 0 Å². The zero-order valence-electron chi connectivity index (χ0n) is 17.8. The number of hydrogen-bond donors (Lipinski definition) is 3. The molecule has 1 saturated heterocycles. The highest BCUT2D eigenvalue weighted by molar-refractivity contribution is 6.32. The van der Waals surface area contributed by atoms with E-state index in [1.165, 1.54) is 7.11 Å². The van der Waals surface area contributed by atoms with Gasteiger partial charge in [-0.3, -0.25) is 0 Å². The summed E-state index contributed by atoms with van der Waals surface area (Å²) in [5.74, 6) is 1.45. The molecule has 172 valence electrons. The molecule has 0 saturated carbocycles. The van der Waals surface area contributed by atoms with Gasteiger partial charge in [-0.25, -0.2) is 0 Å². The lowest BCUT2D eigenvalue weighted by Crippen LogP contribution is -2.54. The third kappa shape index (κ3) is 3.77. The number of rotatable bonds is 4. The molecule has 0 unspecified atom stereocenters. The number of aliphatic hydroxyl groups is 3. The number of aliphatic hydroxyl groups excluding tert-OH is 3. The number of halogens is 1. The van der Waals surface area contributed by atoms with E-state index in [9.17, 15) is 15.3 Å². The van der Waals surface area contributed by atoms with Crippen molar-refractivity contribution >= 4 is 11.6 Å². The van der Waals surface area contributed by atoms with Gasteiger partial charge in [-0.2, -0.15) is 0 Å². The largest absolute Gasteiger partial charge is 0.486 e. The van der Waals surface area contributed by atoms with Crippen LogP contribution in [0.4, 0.5) is 0 Å². The predicted octanol–water partition coefficient (Wildman–Crippen LogP) is 2.32. The maximum absolute atomic E-state index is 10.7. The molecule has 1 aliphatic carbocycles. The van der Waals surface area contributed by atoms with Crippen LogP contribution in [0, 0.1) is 0 Å². The third-order valence-electron chi connectivity index (χ3n) is 6.55. The second-order valence-corrected chi connectivity index (χ2v) is 8.91. The third-order valence-corrected chi connectivity index (χ3v) is 7.02. The van der Waals surface area contributed by atoms with Gasteiger partial charge in [0.2, 0.25) is 0 Å². The predicted molar refractivity (Wildman–Crippen MR) is 116 cm³/mol. The van der Waals surface area contributed by atoms with E-state index in [2.05, 4.69) is 0 Å². The first-order valence-corrected chi connectivity index (χ1v) is 11.3. The van der Waals surface area contributed by atoms with E-state index in [4.69, 9.17) is 30.5 Å². The lowest BCUT2D eigenvalue weighted by molar-refractivity contribution is -0.292. The molecule has 3 aliphatic rings. The molecule has 2 aromatic carbocycles. The van der Waals surface area contributed by atoms with Gasteiger partial charge in [0, 0.05) is 12.1 Å². The van der Waals surface area contributed by atoms with Crippen LogP contribution in [0.15, 0.2) is 24.3 Å². The number of ether oxygens (including phenoxy) is 4. The van der Waals surface area contributed by atoms with E-state index < -0.39 is 30.7 Å². The average Bonchev–Trinajstić information content (AvgIpc) is 3.30. The molecular formula is C24H27ClO7. The molecule has 7 nitrogen and oxygen atoms in total. The molecule has 0 spiro atoms. The quantitative estimate of drug-likeness (QED) is 0.641. The van der Waals surface area contributed by atoms with Crippen LogP contribution < -0.4 is 9.47 Å². The lowest BCUT2D eigenvalue weighted by Gasteiger charge is -2.40. The Hall–Kier alpha value is -1.87. The van der Waals surface area contributed by atoms with E-state index in [1.807, 2.05) is 24.3 Å². The molecule has 3 N–H and O–H groups in total. The van der Waals surface area contributed by atoms with Gasteiger partial charge < -0.3 is 34.3 Å². The molecule has 0 amide bonds. The summed E-state index contributed by atoms with van der Waals surface area (Å²) < 4.78 is 22.4. The molecule has 8 heteroatoms. The second kappa shape index (κ2) is 8.82. The van der Waals surface area contributed by atoms with Gasteiger partial charge in [0.05, 0.1) is 0 Å². The number of hydrogen-bond acceptors (Lipinski definition) is 7. The normalized spacial score (nSPS) is 29.1. The Kier molecular flexibility index (Phi) is 6.05. The molecule has 0 bridgehead atoms. The second-order valence-electron chi connectivity index (χ2n) is 8.54. The van der Waals surface area contributed by atoms with E-state index >= 15 is 0 Å². The van der Waals surface area contributed by atoms with Crippen LogP contribution in [0.5, 0.6) is 11.5 Å². The Bertz CT molecular complexity index is 1010. The minimum Gasteiger partial charge on any atom is -0.486 e. The first kappa shape index (κ1) is 21.9. The lowest BCUT2D eigenvalue weighted by atomic mass is 9.87. The summed E-state index contributed by atoms with van der Waals surface area (Å²) in [6, 6.07) is 7.81. The topological polar surface area (TPSA) is 97.6 Å². The molecule has 2 aromatic rings. The fourth-order valence-corrected chi connectivity index (χ4v) is 5.27. The summed E-state index contributed by atoms with van der Waals surface area (Å²) in [6.07, 6.45) is -2.68. The van der Waals surface area contributed by atoms with Crippen LogP contribution >= 0.6 is 11.6 Å². The van der Waals surface area contributed by atoms with Crippen molar-refractivity contribution in [2.24, 2.45) is 0 Å². The van der Waals surface area contributed by atoms with Gasteiger partial charge >= 0.3 is 0 Å². The Balaban J connectivity index is 1.52. The molecule has 2 aliphatic heterocycles. The van der Waals surface area contributed by atoms with Crippen LogP contribution in [0.25, 0.3) is 0 Å². The molecule has 2 heterocycles. The molecule has 5 atom stereocenters. The van der Waals surface area contributed by atoms with Crippen molar-refractivity contribution in [3.8, 4) is 11.5 Å². The van der Waals surface area contributed by atoms with E-state index in [1.54, 1.807) is 0 Å². The van der Waals surface area contributed by atoms with Gasteiger partial charge in [-0.05, 0) is 65.6 Å². The fourth-order valence-electron chi connectivity index (χ4n) is 4.94. The van der Waals surface area contributed by atoms with Gasteiger partial charge in [0.1, 0.15) is 37.6 Å². The highest BCUT2D eigenvalue weighted by atomic mass is 35.5. The molecule has 0 aromatic heterocycles. The summed E-state index contributed by atoms with van der Waals surface area (Å²) >= 11 is 6.83. The van der Waals surface area contributed by atoms with Crippen molar-refractivity contribution in [2.45, 2.75) is 56.4 Å². The number of methoxy groups -OCH3 is 1. The minimum atomic E-state index is -1.38. The standard InChI is InChI=1S/C24H27ClO7/c1-29-24-22(28)20(26)21(27)23(32-24)16-11-13(19(25)15-4-2-3-14(15)16)9-12-5-6-17-18(10-12)31-8-7-30-17/h5-6,10-11,20-24,26-28H,2-4,7-9H2,1H3/t20-,21-,22+,23+,24+/m1/s1. The van der Waals surface area contributed by atoms with Crippen molar-refractivity contribution in [1.29, 1.82) is 0 Å². The van der Waals surface area contributed by atoms with Crippen molar-refractivity contribution in [2.75, 3.05) is 20.3 Å². The van der Waals surface area contributed by atoms with Gasteiger partial charge in [-0.1, -0.05) is 23.7 Å². The van der Waals surface area contributed by atoms with Crippen molar-refractivity contribution in [3.63, 3.8) is 0 Å². The monoisotopic (exact) mass is 462 g/mol. The van der Waals surface area contributed by atoms with E-state index in [0.29, 0.717) is 19.6 Å². The highest BCUT2D eigenvalue weighted by Crippen LogP contribution is 2.42. The zero-order valence-corrected chi connectivity index (χ0v) is 18.5. The van der Waals surface area contributed by atoms with Crippen molar-refractivity contribution < 1.29 is 34.3 Å². The van der Waals surface area contributed by atoms with Crippen molar-refractivity contribution in [1.82, 2.24) is 0 Å². The minimum absolute atomic E-state index is 0.520. The Labute approximate surface area is 191 Å². The first-order chi connectivity index (χ1) is 15.5. The first-order valence-electron chi connectivity index (χ1n) is 10.9. The molecule has 5 rings (SSSR count). The molecule has 1 fully saturated rings. The average molecular weight is 463 g/mol. The Morgan fingerprint density at radius 2 is 1.72 bits per heavy atom. The Morgan fingerprint density at radius 3 is 2.50 bits per heavy atom. The number of benzene rings is 2. The van der Waals surface area contributed by atoms with Crippen LogP contribution in [0.3, 0.4) is 0 Å². The SMILES string of the molecule is CO[C@H]1O[C@@H](c2cc(Cc3ccc4c(c3)OCCO4)c(Cl)c3c2CCC3)[C@H](O)[C@@H](O)[C@@H]1O. The van der Waals surface area contributed by atoms with Crippen molar-refractivity contribution in [3.05, 3.63) is 57.1 Å². The van der Waals surface area contributed by atoms with Crippen LogP contribution in [0.1, 0.15) is 40.3 Å². The maximum atomic E-state index is 10.7. The smallest absolute Gasteiger partial charge is 0.186 e. The molecule has 32 heavy (non-hydrogen) atoms. The summed E-state index contributed by atoms with van der Waals surface area (Å²) in [6.45, 7) is 1.06. The fraction of sp³-hybridized carbons (Fsp3) is 0.500.